The first-order valence-electron chi connectivity index (χ1n) is 6.81. The van der Waals surface area contributed by atoms with Crippen LogP contribution < -0.4 is 9.47 Å². The standard InChI is InChI=1S/C16H15NO6/c1-11-2-5-13(6-3-11)22-8-9-23-15-7-4-12(17(20)21)10-14(15)16(18)19/h2-7,10H,8-9H2,1H3,(H,18,19). The number of hydrogen-bond acceptors (Lipinski definition) is 5. The van der Waals surface area contributed by atoms with Crippen molar-refractivity contribution in [2.24, 2.45) is 0 Å². The molecule has 0 aromatic heterocycles. The molecule has 2 aromatic carbocycles. The number of nitrogens with zero attached hydrogens (tertiary/aromatic N) is 1. The third-order valence-electron chi connectivity index (χ3n) is 3.03. The van der Waals surface area contributed by atoms with Crippen LogP contribution in [-0.4, -0.2) is 29.2 Å². The molecule has 0 fully saturated rings. The fraction of sp³-hybridized carbons (Fsp3) is 0.188. The van der Waals surface area contributed by atoms with Gasteiger partial charge in [-0.05, 0) is 25.1 Å². The zero-order valence-corrected chi connectivity index (χ0v) is 12.4. The first kappa shape index (κ1) is 16.3. The predicted octanol–water partition coefficient (Wildman–Crippen LogP) is 3.06. The molecule has 7 heteroatoms. The Morgan fingerprint density at radius 1 is 1.13 bits per heavy atom. The molecule has 0 spiro atoms. The summed E-state index contributed by atoms with van der Waals surface area (Å²) in [5.41, 5.74) is 0.561. The fourth-order valence-electron chi connectivity index (χ4n) is 1.87. The third-order valence-corrected chi connectivity index (χ3v) is 3.03. The maximum absolute atomic E-state index is 11.1. The van der Waals surface area contributed by atoms with E-state index in [0.29, 0.717) is 5.75 Å². The number of benzene rings is 2. The second-order valence-electron chi connectivity index (χ2n) is 4.75. The second-order valence-corrected chi connectivity index (χ2v) is 4.75. The SMILES string of the molecule is Cc1ccc(OCCOc2ccc([N+](=O)[O-])cc2C(=O)O)cc1. The van der Waals surface area contributed by atoms with Gasteiger partial charge >= 0.3 is 5.97 Å². The van der Waals surface area contributed by atoms with Gasteiger partial charge in [-0.3, -0.25) is 10.1 Å². The van der Waals surface area contributed by atoms with E-state index in [1.165, 1.54) is 12.1 Å². The van der Waals surface area contributed by atoms with Gasteiger partial charge in [0.05, 0.1) is 4.92 Å². The van der Waals surface area contributed by atoms with Gasteiger partial charge in [-0.2, -0.15) is 0 Å². The molecule has 0 saturated carbocycles. The maximum atomic E-state index is 11.1. The lowest BCUT2D eigenvalue weighted by atomic mass is 10.2. The quantitative estimate of drug-likeness (QED) is 0.478. The Kier molecular flexibility index (Phi) is 5.14. The predicted molar refractivity (Wildman–Crippen MR) is 82.2 cm³/mol. The summed E-state index contributed by atoms with van der Waals surface area (Å²) in [5.74, 6) is -0.542. The molecule has 0 aliphatic heterocycles. The minimum absolute atomic E-state index is 0.0654. The van der Waals surface area contributed by atoms with Crippen molar-refractivity contribution in [1.29, 1.82) is 0 Å². The van der Waals surface area contributed by atoms with Gasteiger partial charge in [-0.1, -0.05) is 17.7 Å². The second kappa shape index (κ2) is 7.26. The largest absolute Gasteiger partial charge is 0.490 e. The Morgan fingerprint density at radius 2 is 1.78 bits per heavy atom. The number of rotatable bonds is 7. The van der Waals surface area contributed by atoms with E-state index >= 15 is 0 Å². The molecule has 23 heavy (non-hydrogen) atoms. The number of carboxylic acid groups (broad SMARTS) is 1. The van der Waals surface area contributed by atoms with Crippen LogP contribution in [0.4, 0.5) is 5.69 Å². The van der Waals surface area contributed by atoms with Crippen molar-refractivity contribution < 1.29 is 24.3 Å². The fourth-order valence-corrected chi connectivity index (χ4v) is 1.87. The summed E-state index contributed by atoms with van der Waals surface area (Å²) in [7, 11) is 0. The molecule has 0 unspecified atom stereocenters. The van der Waals surface area contributed by atoms with E-state index < -0.39 is 10.9 Å². The van der Waals surface area contributed by atoms with Crippen molar-refractivity contribution in [2.45, 2.75) is 6.92 Å². The van der Waals surface area contributed by atoms with Gasteiger partial charge in [-0.25, -0.2) is 4.79 Å². The molecule has 0 atom stereocenters. The van der Waals surface area contributed by atoms with Gasteiger partial charge in [0.1, 0.15) is 30.3 Å². The first-order chi connectivity index (χ1) is 11.0. The minimum Gasteiger partial charge on any atom is -0.490 e. The molecule has 7 nitrogen and oxygen atoms in total. The zero-order chi connectivity index (χ0) is 16.8. The molecule has 0 aliphatic carbocycles. The van der Waals surface area contributed by atoms with Crippen LogP contribution in [-0.2, 0) is 0 Å². The third kappa shape index (κ3) is 4.44. The van der Waals surface area contributed by atoms with E-state index in [-0.39, 0.29) is 30.2 Å². The zero-order valence-electron chi connectivity index (χ0n) is 12.4. The smallest absolute Gasteiger partial charge is 0.339 e. The van der Waals surface area contributed by atoms with Crippen LogP contribution in [0.2, 0.25) is 0 Å². The summed E-state index contributed by atoms with van der Waals surface area (Å²) < 4.78 is 10.8. The van der Waals surface area contributed by atoms with Crippen LogP contribution in [0, 0.1) is 17.0 Å². The normalized spacial score (nSPS) is 10.1. The van der Waals surface area contributed by atoms with Crippen molar-refractivity contribution in [2.75, 3.05) is 13.2 Å². The van der Waals surface area contributed by atoms with Crippen LogP contribution in [0.3, 0.4) is 0 Å². The van der Waals surface area contributed by atoms with Gasteiger partial charge in [0.15, 0.2) is 0 Å². The van der Waals surface area contributed by atoms with E-state index in [0.717, 1.165) is 11.6 Å². The number of nitro benzene ring substituents is 1. The van der Waals surface area contributed by atoms with Gasteiger partial charge < -0.3 is 14.6 Å². The Labute approximate surface area is 132 Å². The molecule has 0 heterocycles. The molecule has 2 rings (SSSR count). The summed E-state index contributed by atoms with van der Waals surface area (Å²) in [6, 6.07) is 10.9. The summed E-state index contributed by atoms with van der Waals surface area (Å²) in [6.07, 6.45) is 0. The first-order valence-corrected chi connectivity index (χ1v) is 6.81. The van der Waals surface area contributed by atoms with Crippen molar-refractivity contribution in [3.8, 4) is 11.5 Å². The number of carbonyl (C=O) groups is 1. The molecular weight excluding hydrogens is 302 g/mol. The summed E-state index contributed by atoms with van der Waals surface area (Å²) in [6.45, 7) is 2.31. The van der Waals surface area contributed by atoms with E-state index in [2.05, 4.69) is 0 Å². The molecular formula is C16H15NO6. The van der Waals surface area contributed by atoms with Crippen molar-refractivity contribution in [3.05, 3.63) is 63.7 Å². The van der Waals surface area contributed by atoms with E-state index in [1.807, 2.05) is 31.2 Å². The van der Waals surface area contributed by atoms with Crippen LogP contribution in [0.1, 0.15) is 15.9 Å². The highest BCUT2D eigenvalue weighted by Gasteiger charge is 2.17. The lowest BCUT2D eigenvalue weighted by Crippen LogP contribution is -2.11. The highest BCUT2D eigenvalue weighted by atomic mass is 16.6. The molecule has 0 saturated heterocycles. The Balaban J connectivity index is 1.96. The van der Waals surface area contributed by atoms with Crippen LogP contribution in [0.15, 0.2) is 42.5 Å². The molecule has 0 amide bonds. The molecule has 120 valence electrons. The highest BCUT2D eigenvalue weighted by Crippen LogP contribution is 2.24. The summed E-state index contributed by atoms with van der Waals surface area (Å²) >= 11 is 0. The van der Waals surface area contributed by atoms with Crippen molar-refractivity contribution in [3.63, 3.8) is 0 Å². The number of nitro groups is 1. The Hall–Kier alpha value is -3.09. The van der Waals surface area contributed by atoms with Gasteiger partial charge in [0.2, 0.25) is 0 Å². The minimum atomic E-state index is -1.29. The van der Waals surface area contributed by atoms with Crippen LogP contribution in [0.5, 0.6) is 11.5 Å². The number of carboxylic acids is 1. The molecule has 0 radical (unpaired) electrons. The lowest BCUT2D eigenvalue weighted by molar-refractivity contribution is -0.384. The number of ether oxygens (including phenoxy) is 2. The summed E-state index contributed by atoms with van der Waals surface area (Å²) in [4.78, 5) is 21.2. The molecule has 0 aliphatic rings. The summed E-state index contributed by atoms with van der Waals surface area (Å²) in [5, 5.41) is 19.8. The Morgan fingerprint density at radius 3 is 2.39 bits per heavy atom. The number of aromatic carboxylic acids is 1. The van der Waals surface area contributed by atoms with E-state index in [1.54, 1.807) is 0 Å². The topological polar surface area (TPSA) is 98.9 Å². The van der Waals surface area contributed by atoms with Crippen molar-refractivity contribution in [1.82, 2.24) is 0 Å². The average Bonchev–Trinajstić information content (AvgIpc) is 2.53. The van der Waals surface area contributed by atoms with Crippen LogP contribution in [0.25, 0.3) is 0 Å². The van der Waals surface area contributed by atoms with E-state index in [4.69, 9.17) is 14.6 Å². The van der Waals surface area contributed by atoms with Gasteiger partial charge in [0.25, 0.3) is 5.69 Å². The average molecular weight is 317 g/mol. The lowest BCUT2D eigenvalue weighted by Gasteiger charge is -2.10. The maximum Gasteiger partial charge on any atom is 0.339 e. The molecule has 1 N–H and O–H groups in total. The molecule has 0 bridgehead atoms. The monoisotopic (exact) mass is 317 g/mol. The number of aryl methyl sites for hydroxylation is 1. The highest BCUT2D eigenvalue weighted by molar-refractivity contribution is 5.91. The number of hydrogen-bond donors (Lipinski definition) is 1. The molecule has 2 aromatic rings. The van der Waals surface area contributed by atoms with Crippen LogP contribution >= 0.6 is 0 Å². The number of non-ortho nitro benzene ring substituents is 1. The van der Waals surface area contributed by atoms with Crippen molar-refractivity contribution >= 4 is 11.7 Å². The Bertz CT molecular complexity index is 711. The van der Waals surface area contributed by atoms with Gasteiger partial charge in [-0.15, -0.1) is 0 Å². The van der Waals surface area contributed by atoms with E-state index in [9.17, 15) is 14.9 Å². The van der Waals surface area contributed by atoms with Gasteiger partial charge in [0, 0.05) is 12.1 Å².